The summed E-state index contributed by atoms with van der Waals surface area (Å²) < 4.78 is 26.5. The summed E-state index contributed by atoms with van der Waals surface area (Å²) in [5.41, 5.74) is 1.05. The molecule has 2 aromatic rings. The lowest BCUT2D eigenvalue weighted by Crippen LogP contribution is -2.38. The van der Waals surface area contributed by atoms with Crippen LogP contribution in [-0.4, -0.2) is 23.5 Å². The van der Waals surface area contributed by atoms with Crippen molar-refractivity contribution in [3.63, 3.8) is 0 Å². The van der Waals surface area contributed by atoms with Gasteiger partial charge in [-0.3, -0.25) is 15.0 Å². The van der Waals surface area contributed by atoms with Gasteiger partial charge in [-0.25, -0.2) is 13.8 Å². The monoisotopic (exact) mass is 320 g/mol. The molecule has 0 N–H and O–H groups in total. The lowest BCUT2D eigenvalue weighted by molar-refractivity contribution is -0.532. The number of anilines is 1. The van der Waals surface area contributed by atoms with Gasteiger partial charge in [0.05, 0.1) is 5.69 Å². The second kappa shape index (κ2) is 6.29. The number of nitrogens with zero attached hydrogens (tertiary/aromatic N) is 2. The number of rotatable bonds is 4. The Balaban J connectivity index is 2.08. The summed E-state index contributed by atoms with van der Waals surface area (Å²) in [5, 5.41) is 12.7. The van der Waals surface area contributed by atoms with Gasteiger partial charge in [-0.1, -0.05) is 48.5 Å². The van der Waals surface area contributed by atoms with Gasteiger partial charge in [-0.2, -0.15) is 0 Å². The predicted octanol–water partition coefficient (Wildman–Crippen LogP) is 3.46. The van der Waals surface area contributed by atoms with Crippen LogP contribution in [0.4, 0.5) is 14.5 Å². The van der Waals surface area contributed by atoms with E-state index in [9.17, 15) is 18.9 Å². The van der Waals surface area contributed by atoms with E-state index < -0.39 is 29.5 Å². The van der Waals surface area contributed by atoms with E-state index in [2.05, 4.69) is 0 Å². The molecule has 1 saturated heterocycles. The summed E-state index contributed by atoms with van der Waals surface area (Å²) in [4.78, 5) is 16.1. The van der Waals surface area contributed by atoms with Crippen molar-refractivity contribution in [3.05, 3.63) is 76.3 Å². The van der Waals surface area contributed by atoms with Crippen LogP contribution in [0.5, 0.6) is 0 Å². The molecule has 3 rings (SSSR count). The topological polar surface area (TPSA) is 55.6 Å². The number of halogens is 2. The fraction of sp³-hybridized carbons (Fsp3) is 0.250. The number of hydrogen-bond donors (Lipinski definition) is 0. The molecule has 2 aromatic carbocycles. The van der Waals surface area contributed by atoms with Gasteiger partial charge >= 0.3 is 0 Å². The quantitative estimate of drug-likeness (QED) is 0.639. The van der Waals surface area contributed by atoms with Crippen LogP contribution in [-0.2, 0) is 4.84 Å². The first kappa shape index (κ1) is 15.4. The maximum Gasteiger partial charge on any atom is 0.273 e. The van der Waals surface area contributed by atoms with Crippen molar-refractivity contribution < 1.29 is 18.5 Å². The molecule has 1 heterocycles. The molecule has 0 aromatic heterocycles. The molecule has 1 aliphatic heterocycles. The molecule has 7 heteroatoms. The normalized spacial score (nSPS) is 24.1. The molecular formula is C16H14F2N2O3. The fourth-order valence-corrected chi connectivity index (χ4v) is 2.79. The molecule has 0 unspecified atom stereocenters. The maximum absolute atomic E-state index is 13.3. The Morgan fingerprint density at radius 3 is 2.13 bits per heavy atom. The van der Waals surface area contributed by atoms with Crippen molar-refractivity contribution in [2.24, 2.45) is 0 Å². The first-order valence-electron chi connectivity index (χ1n) is 7.07. The Labute approximate surface area is 131 Å². The van der Waals surface area contributed by atoms with Crippen LogP contribution >= 0.6 is 0 Å². The smallest absolute Gasteiger partial charge is 0.264 e. The number of para-hydroxylation sites is 1. The highest BCUT2D eigenvalue weighted by atomic mass is 19.3. The molecule has 0 saturated carbocycles. The molecule has 120 valence electrons. The molecule has 23 heavy (non-hydrogen) atoms. The van der Waals surface area contributed by atoms with Crippen LogP contribution in [0, 0.1) is 10.1 Å². The summed E-state index contributed by atoms with van der Waals surface area (Å²) in [6, 6.07) is 14.6. The minimum atomic E-state index is -2.95. The zero-order valence-electron chi connectivity index (χ0n) is 12.0. The minimum absolute atomic E-state index is 0.497. The lowest BCUT2D eigenvalue weighted by Gasteiger charge is -2.24. The Bertz CT molecular complexity index is 670. The second-order valence-corrected chi connectivity index (χ2v) is 5.20. The third-order valence-electron chi connectivity index (χ3n) is 3.79. The largest absolute Gasteiger partial charge is 0.273 e. The number of benzene rings is 2. The Kier molecular flexibility index (Phi) is 4.20. The van der Waals surface area contributed by atoms with Crippen LogP contribution < -0.4 is 5.06 Å². The van der Waals surface area contributed by atoms with Gasteiger partial charge in [0.1, 0.15) is 0 Å². The van der Waals surface area contributed by atoms with Crippen LogP contribution in [0.2, 0.25) is 0 Å². The van der Waals surface area contributed by atoms with Crippen molar-refractivity contribution in [2.45, 2.75) is 24.6 Å². The van der Waals surface area contributed by atoms with Gasteiger partial charge in [0.2, 0.25) is 6.10 Å². The van der Waals surface area contributed by atoms with E-state index in [4.69, 9.17) is 4.84 Å². The third kappa shape index (κ3) is 2.87. The standard InChI is InChI=1S/C16H14F2N2O3/c17-16(18)15-14(20(21)22)13(11-7-3-1-4-8-11)19(23-15)12-9-5-2-6-10-12/h1-10,13-16H/t13-,14+,15+/m0/s1. The van der Waals surface area contributed by atoms with Crippen molar-refractivity contribution >= 4 is 5.69 Å². The molecular weight excluding hydrogens is 306 g/mol. The fourth-order valence-electron chi connectivity index (χ4n) is 2.79. The zero-order chi connectivity index (χ0) is 16.4. The van der Waals surface area contributed by atoms with Gasteiger partial charge in [-0.05, 0) is 17.7 Å². The number of hydrogen-bond acceptors (Lipinski definition) is 4. The first-order valence-corrected chi connectivity index (χ1v) is 7.07. The van der Waals surface area contributed by atoms with Gasteiger partial charge < -0.3 is 0 Å². The van der Waals surface area contributed by atoms with E-state index in [1.54, 1.807) is 60.7 Å². The van der Waals surface area contributed by atoms with Crippen molar-refractivity contribution in [2.75, 3.05) is 5.06 Å². The van der Waals surface area contributed by atoms with E-state index >= 15 is 0 Å². The van der Waals surface area contributed by atoms with Gasteiger partial charge in [0.25, 0.3) is 12.5 Å². The molecule has 0 radical (unpaired) electrons. The second-order valence-electron chi connectivity index (χ2n) is 5.20. The van der Waals surface area contributed by atoms with Crippen LogP contribution in [0.1, 0.15) is 11.6 Å². The molecule has 0 aliphatic carbocycles. The predicted molar refractivity (Wildman–Crippen MR) is 79.8 cm³/mol. The minimum Gasteiger partial charge on any atom is -0.264 e. The van der Waals surface area contributed by atoms with Gasteiger partial charge in [0.15, 0.2) is 6.04 Å². The van der Waals surface area contributed by atoms with Gasteiger partial charge in [0, 0.05) is 4.92 Å². The number of hydroxylamine groups is 1. The summed E-state index contributed by atoms with van der Waals surface area (Å²) in [6.07, 6.45) is -4.75. The molecule has 0 amide bonds. The molecule has 1 aliphatic rings. The van der Waals surface area contributed by atoms with Crippen molar-refractivity contribution in [1.82, 2.24) is 0 Å². The summed E-state index contributed by atoms with van der Waals surface area (Å²) in [6.45, 7) is 0. The molecule has 0 spiro atoms. The summed E-state index contributed by atoms with van der Waals surface area (Å²) in [5.74, 6) is 0. The molecule has 1 fully saturated rings. The van der Waals surface area contributed by atoms with Crippen molar-refractivity contribution in [3.8, 4) is 0 Å². The molecule has 5 nitrogen and oxygen atoms in total. The zero-order valence-corrected chi connectivity index (χ0v) is 12.0. The SMILES string of the molecule is O=[N+]([O-])[C@H]1[C@H](C(F)F)ON(c2ccccc2)[C@H]1c1ccccc1. The van der Waals surface area contributed by atoms with E-state index in [1.165, 1.54) is 5.06 Å². The van der Waals surface area contributed by atoms with Crippen molar-refractivity contribution in [1.29, 1.82) is 0 Å². The highest BCUT2D eigenvalue weighted by Crippen LogP contribution is 2.41. The Hall–Kier alpha value is -2.54. The average Bonchev–Trinajstić information content (AvgIpc) is 2.97. The lowest BCUT2D eigenvalue weighted by atomic mass is 9.96. The van der Waals surface area contributed by atoms with Crippen LogP contribution in [0.25, 0.3) is 0 Å². The maximum atomic E-state index is 13.3. The average molecular weight is 320 g/mol. The Morgan fingerprint density at radius 1 is 1.04 bits per heavy atom. The van der Waals surface area contributed by atoms with Crippen LogP contribution in [0.15, 0.2) is 60.7 Å². The third-order valence-corrected chi connectivity index (χ3v) is 3.79. The summed E-state index contributed by atoms with van der Waals surface area (Å²) in [7, 11) is 0. The number of nitro groups is 1. The molecule has 3 atom stereocenters. The van der Waals surface area contributed by atoms with E-state index in [0.717, 1.165) is 0 Å². The van der Waals surface area contributed by atoms with E-state index in [0.29, 0.717) is 11.3 Å². The van der Waals surface area contributed by atoms with Crippen LogP contribution in [0.3, 0.4) is 0 Å². The number of alkyl halides is 2. The first-order chi connectivity index (χ1) is 11.1. The van der Waals surface area contributed by atoms with E-state index in [-0.39, 0.29) is 0 Å². The summed E-state index contributed by atoms with van der Waals surface area (Å²) >= 11 is 0. The Morgan fingerprint density at radius 2 is 1.61 bits per heavy atom. The highest BCUT2D eigenvalue weighted by molar-refractivity contribution is 5.48. The van der Waals surface area contributed by atoms with E-state index in [1.807, 2.05) is 0 Å². The molecule has 0 bridgehead atoms. The van der Waals surface area contributed by atoms with Gasteiger partial charge in [-0.15, -0.1) is 0 Å². The highest BCUT2D eigenvalue weighted by Gasteiger charge is 2.56.